The lowest BCUT2D eigenvalue weighted by atomic mass is 9.88. The van der Waals surface area contributed by atoms with Crippen LogP contribution in [0.3, 0.4) is 0 Å². The van der Waals surface area contributed by atoms with Gasteiger partial charge in [0.25, 0.3) is 0 Å². The van der Waals surface area contributed by atoms with Crippen molar-refractivity contribution >= 4 is 0 Å². The fourth-order valence-electron chi connectivity index (χ4n) is 3.97. The van der Waals surface area contributed by atoms with Crippen molar-refractivity contribution in [2.24, 2.45) is 5.92 Å². The first-order valence-corrected chi connectivity index (χ1v) is 9.01. The van der Waals surface area contributed by atoms with E-state index in [1.54, 1.807) is 0 Å². The second-order valence-corrected chi connectivity index (χ2v) is 7.02. The van der Waals surface area contributed by atoms with Gasteiger partial charge >= 0.3 is 0 Å². The predicted molar refractivity (Wildman–Crippen MR) is 93.0 cm³/mol. The number of benzene rings is 1. The van der Waals surface area contributed by atoms with Crippen molar-refractivity contribution < 1.29 is 0 Å². The Bertz CT molecular complexity index is 647. The lowest BCUT2D eigenvalue weighted by Gasteiger charge is -2.32. The van der Waals surface area contributed by atoms with E-state index in [1.165, 1.54) is 49.9 Å². The van der Waals surface area contributed by atoms with Crippen LogP contribution in [-0.4, -0.2) is 28.0 Å². The van der Waals surface area contributed by atoms with Crippen LogP contribution >= 0.6 is 0 Å². The average molecular weight is 307 g/mol. The number of nitrogens with zero attached hydrogens (tertiary/aromatic N) is 3. The highest BCUT2D eigenvalue weighted by molar-refractivity contribution is 5.54. The van der Waals surface area contributed by atoms with Crippen molar-refractivity contribution in [1.29, 1.82) is 0 Å². The molecule has 0 bridgehead atoms. The van der Waals surface area contributed by atoms with E-state index in [0.717, 1.165) is 36.8 Å². The molecule has 1 saturated carbocycles. The highest BCUT2D eigenvalue weighted by Crippen LogP contribution is 2.27. The Hall–Kier alpha value is -1.74. The maximum absolute atomic E-state index is 4.87. The first-order valence-electron chi connectivity index (χ1n) is 9.01. The quantitative estimate of drug-likeness (QED) is 0.855. The van der Waals surface area contributed by atoms with Crippen LogP contribution in [0.2, 0.25) is 0 Å². The number of hydrogen-bond acceptors (Lipinski definition) is 3. The van der Waals surface area contributed by atoms with Crippen LogP contribution in [0.25, 0.3) is 11.4 Å². The molecule has 2 aliphatic rings. The summed E-state index contributed by atoms with van der Waals surface area (Å²) in [5, 5.41) is 0. The Labute approximate surface area is 138 Å². The van der Waals surface area contributed by atoms with Crippen molar-refractivity contribution in [2.75, 3.05) is 13.1 Å². The van der Waals surface area contributed by atoms with Crippen LogP contribution in [0, 0.1) is 5.92 Å². The minimum Gasteiger partial charge on any atom is -0.297 e. The van der Waals surface area contributed by atoms with E-state index in [2.05, 4.69) is 22.0 Å². The van der Waals surface area contributed by atoms with Gasteiger partial charge in [-0.3, -0.25) is 4.90 Å². The van der Waals surface area contributed by atoms with Crippen LogP contribution in [0.5, 0.6) is 0 Å². The van der Waals surface area contributed by atoms with Gasteiger partial charge in [0.15, 0.2) is 5.82 Å². The molecule has 0 N–H and O–H groups in total. The zero-order chi connectivity index (χ0) is 15.5. The van der Waals surface area contributed by atoms with Gasteiger partial charge in [0.05, 0.1) is 5.69 Å². The number of hydrogen-bond donors (Lipinski definition) is 0. The third kappa shape index (κ3) is 3.45. The van der Waals surface area contributed by atoms with Gasteiger partial charge in [0.2, 0.25) is 0 Å². The van der Waals surface area contributed by atoms with Gasteiger partial charge in [-0.25, -0.2) is 9.97 Å². The van der Waals surface area contributed by atoms with Crippen molar-refractivity contribution in [3.63, 3.8) is 0 Å². The van der Waals surface area contributed by atoms with Crippen molar-refractivity contribution in [3.8, 4) is 11.4 Å². The number of fused-ring (bicyclic) bond motifs is 1. The molecule has 2 aromatic rings. The third-order valence-electron chi connectivity index (χ3n) is 5.30. The minimum atomic E-state index is 0.865. The normalized spacial score (nSPS) is 19.5. The molecule has 0 radical (unpaired) electrons. The Morgan fingerprint density at radius 3 is 2.70 bits per heavy atom. The van der Waals surface area contributed by atoms with E-state index in [4.69, 9.17) is 4.98 Å². The molecule has 23 heavy (non-hydrogen) atoms. The number of rotatable bonds is 3. The molecule has 1 aromatic carbocycles. The molecule has 0 unspecified atom stereocenters. The summed E-state index contributed by atoms with van der Waals surface area (Å²) in [6.07, 6.45) is 10.3. The van der Waals surface area contributed by atoms with E-state index in [-0.39, 0.29) is 0 Å². The monoisotopic (exact) mass is 307 g/mol. The lowest BCUT2D eigenvalue weighted by molar-refractivity contribution is 0.184. The zero-order valence-electron chi connectivity index (χ0n) is 13.7. The second-order valence-electron chi connectivity index (χ2n) is 7.02. The van der Waals surface area contributed by atoms with Gasteiger partial charge in [-0.05, 0) is 30.7 Å². The summed E-state index contributed by atoms with van der Waals surface area (Å²) in [6.45, 7) is 3.41. The van der Waals surface area contributed by atoms with Crippen LogP contribution in [0.4, 0.5) is 0 Å². The summed E-state index contributed by atoms with van der Waals surface area (Å²) in [6, 6.07) is 10.3. The zero-order valence-corrected chi connectivity index (χ0v) is 13.7. The highest BCUT2D eigenvalue weighted by Gasteiger charge is 2.22. The van der Waals surface area contributed by atoms with Gasteiger partial charge in [-0.1, -0.05) is 49.6 Å². The van der Waals surface area contributed by atoms with Gasteiger partial charge in [-0.15, -0.1) is 0 Å². The van der Waals surface area contributed by atoms with E-state index in [1.807, 2.05) is 24.4 Å². The molecule has 2 heterocycles. The summed E-state index contributed by atoms with van der Waals surface area (Å²) in [7, 11) is 0. The summed E-state index contributed by atoms with van der Waals surface area (Å²) < 4.78 is 0. The molecule has 0 amide bonds. The highest BCUT2D eigenvalue weighted by atomic mass is 15.1. The Balaban J connectivity index is 1.49. The molecule has 1 aliphatic carbocycles. The lowest BCUT2D eigenvalue weighted by Crippen LogP contribution is -2.35. The first-order chi connectivity index (χ1) is 11.4. The topological polar surface area (TPSA) is 29.0 Å². The molecule has 1 aromatic heterocycles. The van der Waals surface area contributed by atoms with E-state index in [0.29, 0.717) is 0 Å². The van der Waals surface area contributed by atoms with Crippen LogP contribution in [0.15, 0.2) is 36.5 Å². The Morgan fingerprint density at radius 1 is 1.04 bits per heavy atom. The maximum atomic E-state index is 4.87. The summed E-state index contributed by atoms with van der Waals surface area (Å²) in [5.74, 6) is 1.77. The summed E-state index contributed by atoms with van der Waals surface area (Å²) in [4.78, 5) is 12.1. The Kier molecular flexibility index (Phi) is 4.38. The maximum Gasteiger partial charge on any atom is 0.159 e. The molecule has 0 spiro atoms. The molecule has 0 saturated heterocycles. The minimum absolute atomic E-state index is 0.865. The van der Waals surface area contributed by atoms with Crippen molar-refractivity contribution in [3.05, 3.63) is 47.8 Å². The fraction of sp³-hybridized carbons (Fsp3) is 0.500. The van der Waals surface area contributed by atoms with Crippen LogP contribution < -0.4 is 0 Å². The fourth-order valence-corrected chi connectivity index (χ4v) is 3.97. The molecule has 1 fully saturated rings. The second kappa shape index (κ2) is 6.79. The molecule has 3 nitrogen and oxygen atoms in total. The molecular weight excluding hydrogens is 282 g/mol. The van der Waals surface area contributed by atoms with Gasteiger partial charge in [0.1, 0.15) is 0 Å². The smallest absolute Gasteiger partial charge is 0.159 e. The van der Waals surface area contributed by atoms with Gasteiger partial charge in [0, 0.05) is 31.4 Å². The summed E-state index contributed by atoms with van der Waals surface area (Å²) >= 11 is 0. The summed E-state index contributed by atoms with van der Waals surface area (Å²) in [5.41, 5.74) is 3.69. The van der Waals surface area contributed by atoms with E-state index in [9.17, 15) is 0 Å². The Morgan fingerprint density at radius 2 is 1.87 bits per heavy atom. The van der Waals surface area contributed by atoms with Crippen LogP contribution in [-0.2, 0) is 13.0 Å². The average Bonchev–Trinajstić information content (AvgIpc) is 2.63. The van der Waals surface area contributed by atoms with Gasteiger partial charge < -0.3 is 0 Å². The standard InChI is InChI=1S/C20H25N3/c1-3-7-16(8-4-1)14-23-12-11-18-13-21-20(22-19(18)15-23)17-9-5-2-6-10-17/h2,5-6,9-10,13,16H,1,3-4,7-8,11-12,14-15H2. The SMILES string of the molecule is c1ccc(-c2ncc3c(n2)CN(CC2CCCCC2)CC3)cc1. The largest absolute Gasteiger partial charge is 0.297 e. The molecule has 4 rings (SSSR count). The molecule has 3 heteroatoms. The van der Waals surface area contributed by atoms with Crippen molar-refractivity contribution in [2.45, 2.75) is 45.1 Å². The molecule has 1 aliphatic heterocycles. The molecule has 0 atom stereocenters. The predicted octanol–water partition coefficient (Wildman–Crippen LogP) is 4.08. The van der Waals surface area contributed by atoms with Crippen LogP contribution in [0.1, 0.15) is 43.4 Å². The first kappa shape index (κ1) is 14.8. The van der Waals surface area contributed by atoms with E-state index >= 15 is 0 Å². The molecular formula is C20H25N3. The van der Waals surface area contributed by atoms with E-state index < -0.39 is 0 Å². The third-order valence-corrected chi connectivity index (χ3v) is 5.30. The number of aromatic nitrogens is 2. The van der Waals surface area contributed by atoms with Gasteiger partial charge in [-0.2, -0.15) is 0 Å². The van der Waals surface area contributed by atoms with Crippen molar-refractivity contribution in [1.82, 2.24) is 14.9 Å². The molecule has 120 valence electrons.